The first-order valence-electron chi connectivity index (χ1n) is 11.4. The van der Waals surface area contributed by atoms with Gasteiger partial charge in [0.05, 0.1) is 18.1 Å². The van der Waals surface area contributed by atoms with Gasteiger partial charge in [-0.15, -0.1) is 11.3 Å². The Hall–Kier alpha value is -2.02. The summed E-state index contributed by atoms with van der Waals surface area (Å²) in [5, 5.41) is 0.628. The Morgan fingerprint density at radius 3 is 2.42 bits per heavy atom. The number of rotatable bonds is 6. The Balaban J connectivity index is 1.22. The Labute approximate surface area is 186 Å². The van der Waals surface area contributed by atoms with Gasteiger partial charge in [-0.05, 0) is 82.6 Å². The van der Waals surface area contributed by atoms with Gasteiger partial charge in [-0.3, -0.25) is 19.0 Å². The van der Waals surface area contributed by atoms with Crippen molar-refractivity contribution in [2.45, 2.75) is 78.4 Å². The predicted molar refractivity (Wildman–Crippen MR) is 119 cm³/mol. The summed E-state index contributed by atoms with van der Waals surface area (Å²) in [5.41, 5.74) is 0.552. The number of ketones is 1. The highest BCUT2D eigenvalue weighted by Gasteiger charge is 2.55. The van der Waals surface area contributed by atoms with Gasteiger partial charge in [0.15, 0.2) is 11.9 Å². The van der Waals surface area contributed by atoms with Gasteiger partial charge in [0.25, 0.3) is 5.56 Å². The van der Waals surface area contributed by atoms with Crippen LogP contribution in [0.2, 0.25) is 0 Å². The predicted octanol–water partition coefficient (Wildman–Crippen LogP) is 4.18. The number of esters is 1. The maximum absolute atomic E-state index is 13.3. The van der Waals surface area contributed by atoms with Gasteiger partial charge >= 0.3 is 5.97 Å². The fourth-order valence-electron chi connectivity index (χ4n) is 6.79. The summed E-state index contributed by atoms with van der Waals surface area (Å²) in [6.45, 7) is 5.82. The second kappa shape index (κ2) is 7.54. The number of aryl methyl sites for hydroxylation is 3. The molecule has 4 saturated carbocycles. The van der Waals surface area contributed by atoms with E-state index < -0.39 is 12.1 Å². The quantitative estimate of drug-likeness (QED) is 0.627. The van der Waals surface area contributed by atoms with Crippen molar-refractivity contribution < 1.29 is 14.3 Å². The average Bonchev–Trinajstić information content (AvgIpc) is 3.00. The van der Waals surface area contributed by atoms with Crippen molar-refractivity contribution in [1.82, 2.24) is 9.55 Å². The van der Waals surface area contributed by atoms with Crippen LogP contribution in [0.15, 0.2) is 11.1 Å². The molecule has 2 heterocycles. The average molecular weight is 443 g/mol. The van der Waals surface area contributed by atoms with Crippen LogP contribution < -0.4 is 5.56 Å². The molecule has 0 radical (unpaired) electrons. The van der Waals surface area contributed by atoms with E-state index in [0.29, 0.717) is 23.1 Å². The lowest BCUT2D eigenvalue weighted by atomic mass is 9.48. The third-order valence-electron chi connectivity index (χ3n) is 7.95. The minimum absolute atomic E-state index is 0.0494. The summed E-state index contributed by atoms with van der Waals surface area (Å²) >= 11 is 1.51. The second-order valence-corrected chi connectivity index (χ2v) is 11.4. The molecule has 4 bridgehead atoms. The molecule has 166 valence electrons. The van der Waals surface area contributed by atoms with Crippen molar-refractivity contribution in [1.29, 1.82) is 0 Å². The first-order chi connectivity index (χ1) is 14.8. The molecule has 2 aromatic heterocycles. The normalized spacial score (nSPS) is 30.0. The summed E-state index contributed by atoms with van der Waals surface area (Å²) < 4.78 is 7.02. The maximum atomic E-state index is 13.3. The molecule has 31 heavy (non-hydrogen) atoms. The topological polar surface area (TPSA) is 78.3 Å². The highest BCUT2D eigenvalue weighted by molar-refractivity contribution is 7.18. The molecule has 6 rings (SSSR count). The molecule has 0 aliphatic heterocycles. The van der Waals surface area contributed by atoms with Crippen LogP contribution in [0.1, 0.15) is 62.3 Å². The first-order valence-corrected chi connectivity index (χ1v) is 12.3. The zero-order valence-corrected chi connectivity index (χ0v) is 19.3. The smallest absolute Gasteiger partial charge is 0.308 e. The Morgan fingerprint density at radius 2 is 1.81 bits per heavy atom. The minimum Gasteiger partial charge on any atom is -0.455 e. The van der Waals surface area contributed by atoms with Gasteiger partial charge in [0, 0.05) is 16.8 Å². The number of carbonyl (C=O) groups excluding carboxylic acids is 2. The number of nitrogens with zero attached hydrogens (tertiary/aromatic N) is 2. The molecule has 0 amide bonds. The van der Waals surface area contributed by atoms with Gasteiger partial charge in [0.1, 0.15) is 4.83 Å². The van der Waals surface area contributed by atoms with Crippen LogP contribution in [-0.4, -0.2) is 27.4 Å². The Kier molecular flexibility index (Phi) is 5.07. The molecule has 6 nitrogen and oxygen atoms in total. The van der Waals surface area contributed by atoms with E-state index in [4.69, 9.17) is 4.74 Å². The van der Waals surface area contributed by atoms with E-state index in [2.05, 4.69) is 4.98 Å². The van der Waals surface area contributed by atoms with Gasteiger partial charge in [-0.25, -0.2) is 4.98 Å². The standard InChI is InChI=1S/C24H30N2O4S/c1-13-15(3)31-22-20(13)23(29)26(12-25-22)5-4-19(27)30-14(2)21(28)24-9-16-6-17(10-24)8-18(7-16)11-24/h12,14,16-18H,4-11H2,1-3H3. The number of ether oxygens (including phenoxy) is 1. The largest absolute Gasteiger partial charge is 0.455 e. The van der Waals surface area contributed by atoms with Gasteiger partial charge in [-0.2, -0.15) is 0 Å². The van der Waals surface area contributed by atoms with Gasteiger partial charge < -0.3 is 4.74 Å². The zero-order valence-electron chi connectivity index (χ0n) is 18.5. The SMILES string of the molecule is Cc1sc2ncn(CCC(=O)OC(C)C(=O)C34CC5CC(CC(C5)C3)C4)c(=O)c2c1C. The number of aromatic nitrogens is 2. The molecule has 0 spiro atoms. The van der Waals surface area contributed by atoms with E-state index >= 15 is 0 Å². The first kappa shape index (κ1) is 20.9. The third-order valence-corrected chi connectivity index (χ3v) is 9.07. The highest BCUT2D eigenvalue weighted by Crippen LogP contribution is 2.60. The molecule has 1 atom stereocenters. The maximum Gasteiger partial charge on any atom is 0.308 e. The second-order valence-electron chi connectivity index (χ2n) is 10.2. The lowest BCUT2D eigenvalue weighted by Gasteiger charge is -2.56. The molecule has 2 aromatic rings. The van der Waals surface area contributed by atoms with Gasteiger partial charge in [0.2, 0.25) is 0 Å². The number of hydrogen-bond donors (Lipinski definition) is 0. The summed E-state index contributed by atoms with van der Waals surface area (Å²) in [6.07, 6.45) is 7.57. The van der Waals surface area contributed by atoms with E-state index in [-0.39, 0.29) is 29.7 Å². The molecule has 4 aliphatic carbocycles. The number of fused-ring (bicyclic) bond motifs is 1. The van der Waals surface area contributed by atoms with Crippen LogP contribution in [0.25, 0.3) is 10.2 Å². The number of hydrogen-bond acceptors (Lipinski definition) is 6. The van der Waals surface area contributed by atoms with E-state index in [1.807, 2.05) is 13.8 Å². The molecule has 4 fully saturated rings. The van der Waals surface area contributed by atoms with Crippen LogP contribution in [0.5, 0.6) is 0 Å². The van der Waals surface area contributed by atoms with Crippen LogP contribution >= 0.6 is 11.3 Å². The zero-order chi connectivity index (χ0) is 21.9. The molecule has 0 saturated heterocycles. The lowest BCUT2D eigenvalue weighted by molar-refractivity contribution is -0.165. The molecular weight excluding hydrogens is 412 g/mol. The van der Waals surface area contributed by atoms with E-state index in [1.54, 1.807) is 6.92 Å². The van der Waals surface area contributed by atoms with Crippen molar-refractivity contribution in [3.8, 4) is 0 Å². The molecule has 0 N–H and O–H groups in total. The third kappa shape index (κ3) is 3.55. The van der Waals surface area contributed by atoms with Crippen molar-refractivity contribution >= 4 is 33.3 Å². The summed E-state index contributed by atoms with van der Waals surface area (Å²) in [7, 11) is 0. The lowest BCUT2D eigenvalue weighted by Crippen LogP contribution is -2.52. The molecule has 0 aromatic carbocycles. The molecule has 1 unspecified atom stereocenters. The molecule has 7 heteroatoms. The fourth-order valence-corrected chi connectivity index (χ4v) is 7.78. The number of carbonyl (C=O) groups is 2. The van der Waals surface area contributed by atoms with E-state index in [9.17, 15) is 14.4 Å². The number of Topliss-reactive ketones (excluding diaryl/α,β-unsaturated/α-hetero) is 1. The summed E-state index contributed by atoms with van der Waals surface area (Å²) in [4.78, 5) is 44.8. The molecule has 4 aliphatic rings. The van der Waals surface area contributed by atoms with Crippen LogP contribution in [-0.2, 0) is 20.9 Å². The van der Waals surface area contributed by atoms with E-state index in [1.165, 1.54) is 41.5 Å². The van der Waals surface area contributed by atoms with Gasteiger partial charge in [-0.1, -0.05) is 0 Å². The van der Waals surface area contributed by atoms with Crippen LogP contribution in [0.4, 0.5) is 0 Å². The highest BCUT2D eigenvalue weighted by atomic mass is 32.1. The number of thiophene rings is 1. The van der Waals surface area contributed by atoms with Crippen molar-refractivity contribution in [2.24, 2.45) is 23.2 Å². The summed E-state index contributed by atoms with van der Waals surface area (Å²) in [5.74, 6) is 1.71. The Morgan fingerprint density at radius 1 is 1.19 bits per heavy atom. The minimum atomic E-state index is -0.720. The van der Waals surface area contributed by atoms with Crippen molar-refractivity contribution in [3.63, 3.8) is 0 Å². The monoisotopic (exact) mass is 442 g/mol. The van der Waals surface area contributed by atoms with Crippen LogP contribution in [0.3, 0.4) is 0 Å². The van der Waals surface area contributed by atoms with E-state index in [0.717, 1.165) is 34.5 Å². The van der Waals surface area contributed by atoms with Crippen molar-refractivity contribution in [2.75, 3.05) is 0 Å². The summed E-state index contributed by atoms with van der Waals surface area (Å²) in [6, 6.07) is 0. The Bertz CT molecular complexity index is 1080. The fraction of sp³-hybridized carbons (Fsp3) is 0.667. The molecular formula is C24H30N2O4S. The van der Waals surface area contributed by atoms with Crippen molar-refractivity contribution in [3.05, 3.63) is 27.1 Å². The van der Waals surface area contributed by atoms with Crippen LogP contribution in [0, 0.1) is 37.0 Å².